The van der Waals surface area contributed by atoms with E-state index in [-0.39, 0.29) is 6.10 Å². The maximum Gasteiger partial charge on any atom is 0.0801 e. The zero-order valence-electron chi connectivity index (χ0n) is 10.3. The SMILES string of the molecule is CC(OCc1cccc(Cl)c1)c1ccc(N)cc1. The van der Waals surface area contributed by atoms with E-state index in [0.29, 0.717) is 6.61 Å². The first-order valence-electron chi connectivity index (χ1n) is 5.86. The van der Waals surface area contributed by atoms with Crippen molar-refractivity contribution < 1.29 is 4.74 Å². The molecule has 18 heavy (non-hydrogen) atoms. The van der Waals surface area contributed by atoms with E-state index in [1.807, 2.05) is 55.5 Å². The predicted molar refractivity (Wildman–Crippen MR) is 75.5 cm³/mol. The lowest BCUT2D eigenvalue weighted by molar-refractivity contribution is 0.0526. The van der Waals surface area contributed by atoms with Gasteiger partial charge in [0.15, 0.2) is 0 Å². The molecule has 0 saturated carbocycles. The Morgan fingerprint density at radius 1 is 1.17 bits per heavy atom. The van der Waals surface area contributed by atoms with Crippen molar-refractivity contribution in [3.8, 4) is 0 Å². The van der Waals surface area contributed by atoms with E-state index < -0.39 is 0 Å². The first-order valence-corrected chi connectivity index (χ1v) is 6.24. The second-order valence-corrected chi connectivity index (χ2v) is 4.69. The Morgan fingerprint density at radius 3 is 2.56 bits per heavy atom. The van der Waals surface area contributed by atoms with E-state index in [1.165, 1.54) is 0 Å². The van der Waals surface area contributed by atoms with Crippen LogP contribution in [0.15, 0.2) is 48.5 Å². The van der Waals surface area contributed by atoms with E-state index in [9.17, 15) is 0 Å². The molecule has 0 bridgehead atoms. The van der Waals surface area contributed by atoms with Gasteiger partial charge in [0.2, 0.25) is 0 Å². The lowest BCUT2D eigenvalue weighted by Gasteiger charge is -2.13. The molecule has 1 unspecified atom stereocenters. The number of anilines is 1. The molecule has 2 aromatic carbocycles. The molecular formula is C15H16ClNO. The molecule has 0 saturated heterocycles. The van der Waals surface area contributed by atoms with Crippen LogP contribution in [-0.4, -0.2) is 0 Å². The fourth-order valence-corrected chi connectivity index (χ4v) is 1.92. The minimum Gasteiger partial charge on any atom is -0.399 e. The molecule has 2 rings (SSSR count). The van der Waals surface area contributed by atoms with Crippen LogP contribution in [0.3, 0.4) is 0 Å². The highest BCUT2D eigenvalue weighted by Gasteiger charge is 2.05. The fraction of sp³-hybridized carbons (Fsp3) is 0.200. The number of ether oxygens (including phenoxy) is 1. The van der Waals surface area contributed by atoms with Crippen molar-refractivity contribution in [1.82, 2.24) is 0 Å². The van der Waals surface area contributed by atoms with Crippen molar-refractivity contribution in [2.75, 3.05) is 5.73 Å². The summed E-state index contributed by atoms with van der Waals surface area (Å²) in [6, 6.07) is 15.4. The number of nitrogen functional groups attached to an aromatic ring is 1. The molecule has 0 amide bonds. The van der Waals surface area contributed by atoms with Crippen molar-refractivity contribution in [1.29, 1.82) is 0 Å². The molecule has 0 heterocycles. The zero-order valence-corrected chi connectivity index (χ0v) is 11.0. The summed E-state index contributed by atoms with van der Waals surface area (Å²) in [6.07, 6.45) is 0.0320. The summed E-state index contributed by atoms with van der Waals surface area (Å²) >= 11 is 5.93. The first kappa shape index (κ1) is 12.9. The van der Waals surface area contributed by atoms with Crippen molar-refractivity contribution >= 4 is 17.3 Å². The highest BCUT2D eigenvalue weighted by Crippen LogP contribution is 2.20. The summed E-state index contributed by atoms with van der Waals surface area (Å²) in [7, 11) is 0. The van der Waals surface area contributed by atoms with Crippen LogP contribution < -0.4 is 5.73 Å². The van der Waals surface area contributed by atoms with E-state index in [2.05, 4.69) is 0 Å². The molecule has 0 spiro atoms. The molecule has 2 aromatic rings. The van der Waals surface area contributed by atoms with Gasteiger partial charge < -0.3 is 10.5 Å². The lowest BCUT2D eigenvalue weighted by atomic mass is 10.1. The molecule has 0 aromatic heterocycles. The number of halogens is 1. The van der Waals surface area contributed by atoms with Crippen molar-refractivity contribution in [2.45, 2.75) is 19.6 Å². The average molecular weight is 262 g/mol. The summed E-state index contributed by atoms with van der Waals surface area (Å²) in [5, 5.41) is 0.733. The molecule has 3 heteroatoms. The molecule has 0 aliphatic carbocycles. The van der Waals surface area contributed by atoms with E-state index in [0.717, 1.165) is 21.8 Å². The Morgan fingerprint density at radius 2 is 1.89 bits per heavy atom. The number of hydrogen-bond donors (Lipinski definition) is 1. The molecular weight excluding hydrogens is 246 g/mol. The predicted octanol–water partition coefficient (Wildman–Crippen LogP) is 4.20. The monoisotopic (exact) mass is 261 g/mol. The Kier molecular flexibility index (Phi) is 4.24. The maximum atomic E-state index is 5.93. The van der Waals surface area contributed by atoms with E-state index in [4.69, 9.17) is 22.1 Å². The standard InChI is InChI=1S/C15H16ClNO/c1-11(13-5-7-15(17)8-6-13)18-10-12-3-2-4-14(16)9-12/h2-9,11H,10,17H2,1H3. The highest BCUT2D eigenvalue weighted by molar-refractivity contribution is 6.30. The molecule has 2 nitrogen and oxygen atoms in total. The van der Waals surface area contributed by atoms with Gasteiger partial charge in [-0.1, -0.05) is 35.9 Å². The van der Waals surface area contributed by atoms with Crippen molar-refractivity contribution in [3.05, 3.63) is 64.7 Å². The van der Waals surface area contributed by atoms with Gasteiger partial charge >= 0.3 is 0 Å². The van der Waals surface area contributed by atoms with Crippen LogP contribution in [0.1, 0.15) is 24.2 Å². The smallest absolute Gasteiger partial charge is 0.0801 e. The lowest BCUT2D eigenvalue weighted by Crippen LogP contribution is -2.00. The number of nitrogens with two attached hydrogens (primary N) is 1. The summed E-state index contributed by atoms with van der Waals surface area (Å²) < 4.78 is 5.81. The normalized spacial score (nSPS) is 12.3. The summed E-state index contributed by atoms with van der Waals surface area (Å²) in [5.41, 5.74) is 8.61. The third-order valence-electron chi connectivity index (χ3n) is 2.79. The number of benzene rings is 2. The Labute approximate surface area is 112 Å². The van der Waals surface area contributed by atoms with Gasteiger partial charge in [0.1, 0.15) is 0 Å². The molecule has 0 radical (unpaired) electrons. The van der Waals surface area contributed by atoms with Gasteiger partial charge in [0.05, 0.1) is 12.7 Å². The van der Waals surface area contributed by atoms with Crippen LogP contribution in [0, 0.1) is 0 Å². The molecule has 0 fully saturated rings. The third kappa shape index (κ3) is 3.49. The second-order valence-electron chi connectivity index (χ2n) is 4.25. The van der Waals surface area contributed by atoms with Crippen LogP contribution in [-0.2, 0) is 11.3 Å². The summed E-state index contributed by atoms with van der Waals surface area (Å²) in [4.78, 5) is 0. The van der Waals surface area contributed by atoms with Crippen molar-refractivity contribution in [3.63, 3.8) is 0 Å². The molecule has 1 atom stereocenters. The van der Waals surface area contributed by atoms with Gasteiger partial charge in [0.25, 0.3) is 0 Å². The fourth-order valence-electron chi connectivity index (χ4n) is 1.71. The van der Waals surface area contributed by atoms with Gasteiger partial charge in [-0.15, -0.1) is 0 Å². The molecule has 94 valence electrons. The molecule has 0 aliphatic heterocycles. The molecule has 2 N–H and O–H groups in total. The summed E-state index contributed by atoms with van der Waals surface area (Å²) in [5.74, 6) is 0. The maximum absolute atomic E-state index is 5.93. The van der Waals surface area contributed by atoms with Gasteiger partial charge in [-0.3, -0.25) is 0 Å². The van der Waals surface area contributed by atoms with Crippen LogP contribution in [0.2, 0.25) is 5.02 Å². The molecule has 0 aliphatic rings. The van der Waals surface area contributed by atoms with Gasteiger partial charge in [0, 0.05) is 10.7 Å². The van der Waals surface area contributed by atoms with Crippen LogP contribution >= 0.6 is 11.6 Å². The Bertz CT molecular complexity index is 510. The largest absolute Gasteiger partial charge is 0.399 e. The second kappa shape index (κ2) is 5.89. The van der Waals surface area contributed by atoms with Gasteiger partial charge in [-0.2, -0.15) is 0 Å². The average Bonchev–Trinajstić information content (AvgIpc) is 2.37. The minimum atomic E-state index is 0.0320. The Balaban J connectivity index is 1.96. The quantitative estimate of drug-likeness (QED) is 0.837. The van der Waals surface area contributed by atoms with Gasteiger partial charge in [-0.25, -0.2) is 0 Å². The highest BCUT2D eigenvalue weighted by atomic mass is 35.5. The van der Waals surface area contributed by atoms with E-state index >= 15 is 0 Å². The minimum absolute atomic E-state index is 0.0320. The van der Waals surface area contributed by atoms with E-state index in [1.54, 1.807) is 0 Å². The van der Waals surface area contributed by atoms with Crippen molar-refractivity contribution in [2.24, 2.45) is 0 Å². The number of hydrogen-bond acceptors (Lipinski definition) is 2. The number of rotatable bonds is 4. The topological polar surface area (TPSA) is 35.2 Å². The van der Waals surface area contributed by atoms with Gasteiger partial charge in [-0.05, 0) is 42.3 Å². The first-order chi connectivity index (χ1) is 8.65. The van der Waals surface area contributed by atoms with Crippen LogP contribution in [0.25, 0.3) is 0 Å². The van der Waals surface area contributed by atoms with Crippen LogP contribution in [0.5, 0.6) is 0 Å². The summed E-state index contributed by atoms with van der Waals surface area (Å²) in [6.45, 7) is 2.57. The zero-order chi connectivity index (χ0) is 13.0. The third-order valence-corrected chi connectivity index (χ3v) is 3.03. The Hall–Kier alpha value is -1.51. The van der Waals surface area contributed by atoms with Crippen LogP contribution in [0.4, 0.5) is 5.69 Å².